The van der Waals surface area contributed by atoms with Crippen molar-refractivity contribution in [2.75, 3.05) is 0 Å². The first-order valence-corrected chi connectivity index (χ1v) is 7.50. The molecule has 0 amide bonds. The molecule has 0 aliphatic rings. The maximum atomic E-state index is 14.0. The van der Waals surface area contributed by atoms with Gasteiger partial charge in [-0.15, -0.1) is 11.3 Å². The molecule has 0 saturated carbocycles. The molecule has 0 aliphatic carbocycles. The Balaban J connectivity index is 2.49. The van der Waals surface area contributed by atoms with Gasteiger partial charge in [0.1, 0.15) is 5.82 Å². The number of thiophene rings is 1. The number of hydrogen-bond donors (Lipinski definition) is 1. The molecular formula is C11H6BrCl3FNS. The summed E-state index contributed by atoms with van der Waals surface area (Å²) >= 11 is 22.0. The highest BCUT2D eigenvalue weighted by Crippen LogP contribution is 2.38. The standard InChI is InChI=1S/C11H6BrCl3FNS/c12-6-2-1-4(9(16)8(6)14)10(17)5-3-7(13)18-11(5)15/h1-3,10H,17H2. The smallest absolute Gasteiger partial charge is 0.148 e. The Labute approximate surface area is 131 Å². The van der Waals surface area contributed by atoms with Crippen LogP contribution in [0.2, 0.25) is 13.7 Å². The van der Waals surface area contributed by atoms with Gasteiger partial charge < -0.3 is 5.73 Å². The second kappa shape index (κ2) is 5.65. The molecule has 1 aromatic heterocycles. The fourth-order valence-electron chi connectivity index (χ4n) is 1.51. The van der Waals surface area contributed by atoms with Crippen molar-refractivity contribution in [3.63, 3.8) is 0 Å². The number of benzene rings is 1. The summed E-state index contributed by atoms with van der Waals surface area (Å²) in [6.07, 6.45) is 0. The van der Waals surface area contributed by atoms with E-state index in [0.29, 0.717) is 18.7 Å². The van der Waals surface area contributed by atoms with E-state index in [9.17, 15) is 4.39 Å². The molecular weight excluding hydrogens is 383 g/mol. The van der Waals surface area contributed by atoms with Crippen LogP contribution in [0.1, 0.15) is 17.2 Å². The monoisotopic (exact) mass is 387 g/mol. The molecule has 0 spiro atoms. The van der Waals surface area contributed by atoms with E-state index in [-0.39, 0.29) is 10.6 Å². The van der Waals surface area contributed by atoms with Crippen molar-refractivity contribution in [1.82, 2.24) is 0 Å². The second-order valence-electron chi connectivity index (χ2n) is 3.52. The lowest BCUT2D eigenvalue weighted by atomic mass is 10.0. The summed E-state index contributed by atoms with van der Waals surface area (Å²) in [6, 6.07) is 4.14. The van der Waals surface area contributed by atoms with Gasteiger partial charge in [0.2, 0.25) is 0 Å². The summed E-state index contributed by atoms with van der Waals surface area (Å²) in [6.45, 7) is 0. The van der Waals surface area contributed by atoms with Crippen molar-refractivity contribution in [3.05, 3.63) is 53.3 Å². The first kappa shape index (κ1) is 14.6. The Hall–Kier alpha value is 0.160. The molecule has 96 valence electrons. The summed E-state index contributed by atoms with van der Waals surface area (Å²) in [5.74, 6) is -0.558. The van der Waals surface area contributed by atoms with E-state index in [4.69, 9.17) is 40.5 Å². The predicted molar refractivity (Wildman–Crippen MR) is 79.5 cm³/mol. The van der Waals surface area contributed by atoms with Gasteiger partial charge >= 0.3 is 0 Å². The summed E-state index contributed by atoms with van der Waals surface area (Å²) in [4.78, 5) is 0. The summed E-state index contributed by atoms with van der Waals surface area (Å²) in [5, 5.41) is 0.000369. The van der Waals surface area contributed by atoms with Crippen molar-refractivity contribution in [1.29, 1.82) is 0 Å². The average Bonchev–Trinajstić information content (AvgIpc) is 2.65. The molecule has 1 atom stereocenters. The average molecular weight is 390 g/mol. The molecule has 2 rings (SSSR count). The highest BCUT2D eigenvalue weighted by molar-refractivity contribution is 9.10. The Bertz CT molecular complexity index is 602. The second-order valence-corrected chi connectivity index (χ2v) is 7.04. The van der Waals surface area contributed by atoms with Crippen LogP contribution in [-0.4, -0.2) is 0 Å². The molecule has 0 radical (unpaired) electrons. The molecule has 0 saturated heterocycles. The van der Waals surface area contributed by atoms with Crippen molar-refractivity contribution in [3.8, 4) is 0 Å². The van der Waals surface area contributed by atoms with E-state index < -0.39 is 11.9 Å². The lowest BCUT2D eigenvalue weighted by Crippen LogP contribution is -2.13. The van der Waals surface area contributed by atoms with Crippen LogP contribution in [0.5, 0.6) is 0 Å². The SMILES string of the molecule is NC(c1cc(Cl)sc1Cl)c1ccc(Br)c(Cl)c1F. The van der Waals surface area contributed by atoms with Crippen LogP contribution >= 0.6 is 62.1 Å². The molecule has 1 aromatic carbocycles. The van der Waals surface area contributed by atoms with Crippen molar-refractivity contribution >= 4 is 62.1 Å². The normalized spacial score (nSPS) is 12.8. The molecule has 18 heavy (non-hydrogen) atoms. The van der Waals surface area contributed by atoms with Gasteiger partial charge in [-0.2, -0.15) is 0 Å². The van der Waals surface area contributed by atoms with Gasteiger partial charge in [0, 0.05) is 15.6 Å². The molecule has 1 nitrogen and oxygen atoms in total. The topological polar surface area (TPSA) is 26.0 Å². The fourth-order valence-corrected chi connectivity index (χ4v) is 3.54. The van der Waals surface area contributed by atoms with Crippen LogP contribution in [0.25, 0.3) is 0 Å². The summed E-state index contributed by atoms with van der Waals surface area (Å²) in [5.41, 5.74) is 6.86. The molecule has 2 N–H and O–H groups in total. The third kappa shape index (κ3) is 2.69. The van der Waals surface area contributed by atoms with E-state index in [0.717, 1.165) is 0 Å². The first-order chi connectivity index (χ1) is 8.41. The van der Waals surface area contributed by atoms with Gasteiger partial charge in [-0.05, 0) is 28.1 Å². The van der Waals surface area contributed by atoms with Crippen LogP contribution in [0, 0.1) is 5.82 Å². The zero-order valence-electron chi connectivity index (χ0n) is 8.68. The van der Waals surface area contributed by atoms with E-state index in [1.807, 2.05) is 0 Å². The van der Waals surface area contributed by atoms with E-state index >= 15 is 0 Å². The fraction of sp³-hybridized carbons (Fsp3) is 0.0909. The quantitative estimate of drug-likeness (QED) is 0.659. The van der Waals surface area contributed by atoms with Gasteiger partial charge in [0.25, 0.3) is 0 Å². The maximum absolute atomic E-state index is 14.0. The molecule has 2 aromatic rings. The van der Waals surface area contributed by atoms with E-state index in [1.54, 1.807) is 18.2 Å². The maximum Gasteiger partial charge on any atom is 0.148 e. The number of nitrogens with two attached hydrogens (primary N) is 1. The van der Waals surface area contributed by atoms with Gasteiger partial charge in [-0.25, -0.2) is 4.39 Å². The minimum atomic E-state index is -0.702. The first-order valence-electron chi connectivity index (χ1n) is 4.75. The minimum absolute atomic E-state index is 0.000369. The van der Waals surface area contributed by atoms with Crippen LogP contribution in [-0.2, 0) is 0 Å². The van der Waals surface area contributed by atoms with E-state index in [1.165, 1.54) is 11.3 Å². The molecule has 7 heteroatoms. The summed E-state index contributed by atoms with van der Waals surface area (Å²) in [7, 11) is 0. The van der Waals surface area contributed by atoms with Crippen molar-refractivity contribution < 1.29 is 4.39 Å². The zero-order valence-corrected chi connectivity index (χ0v) is 13.4. The van der Waals surface area contributed by atoms with Crippen LogP contribution in [0.15, 0.2) is 22.7 Å². The lowest BCUT2D eigenvalue weighted by Gasteiger charge is -2.13. The minimum Gasteiger partial charge on any atom is -0.320 e. The highest BCUT2D eigenvalue weighted by Gasteiger charge is 2.21. The van der Waals surface area contributed by atoms with Crippen molar-refractivity contribution in [2.45, 2.75) is 6.04 Å². The van der Waals surface area contributed by atoms with Gasteiger partial charge in [-0.3, -0.25) is 0 Å². The highest BCUT2D eigenvalue weighted by atomic mass is 79.9. The Morgan fingerprint density at radius 2 is 1.89 bits per heavy atom. The molecule has 0 aliphatic heterocycles. The predicted octanol–water partition coefficient (Wildman–Crippen LogP) is 5.66. The number of rotatable bonds is 2. The van der Waals surface area contributed by atoms with Gasteiger partial charge in [-0.1, -0.05) is 40.9 Å². The Morgan fingerprint density at radius 3 is 2.44 bits per heavy atom. The van der Waals surface area contributed by atoms with Crippen LogP contribution in [0.3, 0.4) is 0 Å². The van der Waals surface area contributed by atoms with Gasteiger partial charge in [0.05, 0.1) is 19.7 Å². The molecule has 0 bridgehead atoms. The van der Waals surface area contributed by atoms with Crippen LogP contribution in [0.4, 0.5) is 4.39 Å². The number of hydrogen-bond acceptors (Lipinski definition) is 2. The number of halogens is 5. The van der Waals surface area contributed by atoms with E-state index in [2.05, 4.69) is 15.9 Å². The third-order valence-electron chi connectivity index (χ3n) is 2.42. The zero-order chi connectivity index (χ0) is 13.4. The third-order valence-corrected chi connectivity index (χ3v) is 5.19. The Morgan fingerprint density at radius 1 is 1.22 bits per heavy atom. The van der Waals surface area contributed by atoms with Crippen molar-refractivity contribution in [2.24, 2.45) is 5.73 Å². The lowest BCUT2D eigenvalue weighted by molar-refractivity contribution is 0.599. The van der Waals surface area contributed by atoms with Gasteiger partial charge in [0.15, 0.2) is 0 Å². The summed E-state index contributed by atoms with van der Waals surface area (Å²) < 4.78 is 15.5. The molecule has 1 heterocycles. The molecule has 0 fully saturated rings. The Kier molecular flexibility index (Phi) is 4.57. The molecule has 1 unspecified atom stereocenters. The largest absolute Gasteiger partial charge is 0.320 e. The van der Waals surface area contributed by atoms with Crippen LogP contribution < -0.4 is 5.73 Å².